The number of morpholine rings is 1. The molecule has 19 heavy (non-hydrogen) atoms. The van der Waals surface area contributed by atoms with Crippen molar-refractivity contribution in [1.82, 2.24) is 10.2 Å². The van der Waals surface area contributed by atoms with Gasteiger partial charge in [-0.05, 0) is 25.3 Å². The van der Waals surface area contributed by atoms with Gasteiger partial charge in [0, 0.05) is 31.9 Å². The molecule has 0 aromatic heterocycles. The van der Waals surface area contributed by atoms with Crippen LogP contribution in [0, 0.1) is 5.41 Å². The topological polar surface area (TPSA) is 36.9 Å². The van der Waals surface area contributed by atoms with Crippen molar-refractivity contribution >= 4 is 16.9 Å². The van der Waals surface area contributed by atoms with Crippen LogP contribution in [0.2, 0.25) is 0 Å². The molecule has 2 heterocycles. The van der Waals surface area contributed by atoms with E-state index in [2.05, 4.69) is 31.1 Å². The normalized spacial score (nSPS) is 27.9. The number of nitrogens with zero attached hydrogens (tertiary/aromatic N) is 2. The lowest BCUT2D eigenvalue weighted by molar-refractivity contribution is -0.0159. The van der Waals surface area contributed by atoms with E-state index >= 15 is 0 Å². The number of aliphatic imine (C=N–C) groups is 1. The number of ether oxygens (including phenoxy) is 1. The van der Waals surface area contributed by atoms with E-state index in [9.17, 15) is 0 Å². The molecule has 2 aliphatic rings. The first kappa shape index (κ1) is 15.1. The van der Waals surface area contributed by atoms with Gasteiger partial charge in [-0.2, -0.15) is 0 Å². The Balaban J connectivity index is 1.77. The second-order valence-electron chi connectivity index (χ2n) is 5.75. The SMILES string of the molecule is CCC1(CC)CN=C(NCC2CN(C)CCO2)SC1. The summed E-state index contributed by atoms with van der Waals surface area (Å²) in [6.45, 7) is 9.31. The molecular weight excluding hydrogens is 258 g/mol. The van der Waals surface area contributed by atoms with Crippen LogP contribution in [0.25, 0.3) is 0 Å². The molecule has 0 aliphatic carbocycles. The molecule has 0 aromatic rings. The Hall–Kier alpha value is -0.260. The van der Waals surface area contributed by atoms with Crippen molar-refractivity contribution in [2.45, 2.75) is 32.8 Å². The third-order valence-electron chi connectivity index (χ3n) is 4.40. The number of thioether (sulfide) groups is 1. The van der Waals surface area contributed by atoms with E-state index in [0.717, 1.165) is 38.0 Å². The van der Waals surface area contributed by atoms with Gasteiger partial charge in [0.1, 0.15) is 0 Å². The predicted molar refractivity (Wildman–Crippen MR) is 83.0 cm³/mol. The van der Waals surface area contributed by atoms with Crippen LogP contribution in [0.3, 0.4) is 0 Å². The van der Waals surface area contributed by atoms with Crippen LogP contribution >= 0.6 is 11.8 Å². The van der Waals surface area contributed by atoms with Crippen LogP contribution in [0.5, 0.6) is 0 Å². The first-order valence-corrected chi connectivity index (χ1v) is 8.37. The quantitative estimate of drug-likeness (QED) is 0.855. The molecule has 1 N–H and O–H groups in total. The molecule has 1 fully saturated rings. The van der Waals surface area contributed by atoms with Crippen LogP contribution in [-0.4, -0.2) is 61.8 Å². The van der Waals surface area contributed by atoms with Crippen molar-refractivity contribution in [3.8, 4) is 0 Å². The average molecular weight is 285 g/mol. The van der Waals surface area contributed by atoms with E-state index in [1.54, 1.807) is 0 Å². The summed E-state index contributed by atoms with van der Waals surface area (Å²) in [5.41, 5.74) is 0.428. The molecule has 0 bridgehead atoms. The molecule has 5 heteroatoms. The number of rotatable bonds is 4. The first-order chi connectivity index (χ1) is 9.17. The fourth-order valence-corrected chi connectivity index (χ4v) is 3.81. The summed E-state index contributed by atoms with van der Waals surface area (Å²) in [6.07, 6.45) is 2.75. The molecule has 0 radical (unpaired) electrons. The van der Waals surface area contributed by atoms with Gasteiger partial charge >= 0.3 is 0 Å². The Morgan fingerprint density at radius 3 is 2.84 bits per heavy atom. The van der Waals surface area contributed by atoms with Crippen molar-refractivity contribution < 1.29 is 4.74 Å². The second-order valence-corrected chi connectivity index (χ2v) is 6.72. The summed E-state index contributed by atoms with van der Waals surface area (Å²) in [7, 11) is 2.15. The third-order valence-corrected chi connectivity index (χ3v) is 5.70. The Morgan fingerprint density at radius 1 is 1.47 bits per heavy atom. The summed E-state index contributed by atoms with van der Waals surface area (Å²) < 4.78 is 5.75. The summed E-state index contributed by atoms with van der Waals surface area (Å²) in [5, 5.41) is 4.56. The average Bonchev–Trinajstić information content (AvgIpc) is 2.46. The van der Waals surface area contributed by atoms with Crippen molar-refractivity contribution in [3.05, 3.63) is 0 Å². The number of likely N-dealkylation sites (N-methyl/N-ethyl adjacent to an activating group) is 1. The molecule has 1 atom stereocenters. The first-order valence-electron chi connectivity index (χ1n) is 7.39. The molecule has 0 aromatic carbocycles. The Kier molecular flexibility index (Phi) is 5.54. The highest BCUT2D eigenvalue weighted by molar-refractivity contribution is 8.13. The molecule has 0 saturated carbocycles. The van der Waals surface area contributed by atoms with E-state index in [0.29, 0.717) is 11.5 Å². The van der Waals surface area contributed by atoms with Gasteiger partial charge in [-0.1, -0.05) is 25.6 Å². The fraction of sp³-hybridized carbons (Fsp3) is 0.929. The fourth-order valence-electron chi connectivity index (χ4n) is 2.53. The van der Waals surface area contributed by atoms with Crippen LogP contribution in [0.1, 0.15) is 26.7 Å². The summed E-state index contributed by atoms with van der Waals surface area (Å²) >= 11 is 1.88. The maximum absolute atomic E-state index is 5.75. The number of hydrogen-bond donors (Lipinski definition) is 1. The molecule has 2 aliphatic heterocycles. The number of hydrogen-bond acceptors (Lipinski definition) is 5. The third kappa shape index (κ3) is 4.10. The largest absolute Gasteiger partial charge is 0.374 e. The molecule has 1 unspecified atom stereocenters. The molecule has 4 nitrogen and oxygen atoms in total. The minimum absolute atomic E-state index is 0.297. The van der Waals surface area contributed by atoms with Crippen LogP contribution in [0.15, 0.2) is 4.99 Å². The van der Waals surface area contributed by atoms with Gasteiger partial charge in [-0.3, -0.25) is 4.99 Å². The Labute approximate surface area is 121 Å². The van der Waals surface area contributed by atoms with E-state index < -0.39 is 0 Å². The lowest BCUT2D eigenvalue weighted by Gasteiger charge is -2.34. The van der Waals surface area contributed by atoms with Crippen LogP contribution in [-0.2, 0) is 4.74 Å². The van der Waals surface area contributed by atoms with Gasteiger partial charge in [-0.15, -0.1) is 0 Å². The molecular formula is C14H27N3OS. The molecule has 110 valence electrons. The number of amidine groups is 1. The second kappa shape index (κ2) is 6.95. The minimum Gasteiger partial charge on any atom is -0.374 e. The van der Waals surface area contributed by atoms with Crippen molar-refractivity contribution in [2.75, 3.05) is 45.6 Å². The maximum Gasteiger partial charge on any atom is 0.156 e. The van der Waals surface area contributed by atoms with Crippen molar-refractivity contribution in [1.29, 1.82) is 0 Å². The minimum atomic E-state index is 0.297. The predicted octanol–water partition coefficient (Wildman–Crippen LogP) is 1.82. The van der Waals surface area contributed by atoms with E-state index in [4.69, 9.17) is 9.73 Å². The van der Waals surface area contributed by atoms with Gasteiger partial charge in [0.15, 0.2) is 5.17 Å². The van der Waals surface area contributed by atoms with Crippen LogP contribution < -0.4 is 5.32 Å². The van der Waals surface area contributed by atoms with Gasteiger partial charge < -0.3 is 15.0 Å². The van der Waals surface area contributed by atoms with Crippen LogP contribution in [0.4, 0.5) is 0 Å². The van der Waals surface area contributed by atoms with Gasteiger partial charge in [0.2, 0.25) is 0 Å². The molecule has 0 amide bonds. The zero-order valence-corrected chi connectivity index (χ0v) is 13.3. The highest BCUT2D eigenvalue weighted by Crippen LogP contribution is 2.34. The zero-order chi connectivity index (χ0) is 13.7. The van der Waals surface area contributed by atoms with E-state index in [1.807, 2.05) is 11.8 Å². The van der Waals surface area contributed by atoms with Crippen molar-refractivity contribution in [3.63, 3.8) is 0 Å². The molecule has 1 saturated heterocycles. The van der Waals surface area contributed by atoms with Crippen molar-refractivity contribution in [2.24, 2.45) is 10.4 Å². The molecule has 0 spiro atoms. The number of nitrogens with one attached hydrogen (secondary N) is 1. The van der Waals surface area contributed by atoms with E-state index in [1.165, 1.54) is 18.6 Å². The lowest BCUT2D eigenvalue weighted by atomic mass is 9.84. The van der Waals surface area contributed by atoms with Gasteiger partial charge in [-0.25, -0.2) is 0 Å². The maximum atomic E-state index is 5.75. The summed E-state index contributed by atoms with van der Waals surface area (Å²) in [5.74, 6) is 1.19. The highest BCUT2D eigenvalue weighted by atomic mass is 32.2. The summed E-state index contributed by atoms with van der Waals surface area (Å²) in [6, 6.07) is 0. The Morgan fingerprint density at radius 2 is 2.26 bits per heavy atom. The van der Waals surface area contributed by atoms with E-state index in [-0.39, 0.29) is 0 Å². The zero-order valence-electron chi connectivity index (χ0n) is 12.4. The Bertz CT molecular complexity index is 318. The molecule has 2 rings (SSSR count). The summed E-state index contributed by atoms with van der Waals surface area (Å²) in [4.78, 5) is 7.05. The lowest BCUT2D eigenvalue weighted by Crippen LogP contribution is -2.46. The van der Waals surface area contributed by atoms with Gasteiger partial charge in [0.05, 0.1) is 12.7 Å². The van der Waals surface area contributed by atoms with Gasteiger partial charge in [0.25, 0.3) is 0 Å². The monoisotopic (exact) mass is 285 g/mol. The standard InChI is InChI=1S/C14H27N3OS/c1-4-14(5-2)10-16-13(19-11-14)15-8-12-9-17(3)6-7-18-12/h12H,4-11H2,1-3H3,(H,15,16). The smallest absolute Gasteiger partial charge is 0.156 e. The highest BCUT2D eigenvalue weighted by Gasteiger charge is 2.30.